The van der Waals surface area contributed by atoms with Crippen LogP contribution in [0.15, 0.2) is 77.3 Å². The molecule has 0 spiro atoms. The number of rotatable bonds is 6. The molecule has 4 rings (SSSR count). The fourth-order valence-electron chi connectivity index (χ4n) is 4.03. The Labute approximate surface area is 214 Å². The number of hydrogen-bond acceptors (Lipinski definition) is 8. The summed E-state index contributed by atoms with van der Waals surface area (Å²) in [5.74, 6) is 0. The average molecular weight is 485 g/mol. The summed E-state index contributed by atoms with van der Waals surface area (Å²) in [6.07, 6.45) is 12.0. The van der Waals surface area contributed by atoms with Gasteiger partial charge in [-0.3, -0.25) is 0 Å². The molecule has 0 atom stereocenters. The second kappa shape index (κ2) is 8.61. The lowest BCUT2D eigenvalue weighted by molar-refractivity contribution is 0.740. The van der Waals surface area contributed by atoms with Crippen molar-refractivity contribution in [1.82, 2.24) is 0 Å². The first kappa shape index (κ1) is 25.7. The molecule has 0 saturated carbocycles. The summed E-state index contributed by atoms with van der Waals surface area (Å²) in [5.41, 5.74) is 6.35. The van der Waals surface area contributed by atoms with Crippen LogP contribution in [0, 0.1) is 21.7 Å². The van der Waals surface area contributed by atoms with E-state index < -0.39 is 0 Å². The van der Waals surface area contributed by atoms with E-state index in [1.54, 1.807) is 0 Å². The molecule has 8 nitrogen and oxygen atoms in total. The summed E-state index contributed by atoms with van der Waals surface area (Å²) in [6.45, 7) is 21.0. The van der Waals surface area contributed by atoms with E-state index in [-0.39, 0.29) is 21.7 Å². The van der Waals surface area contributed by atoms with Gasteiger partial charge in [0.25, 0.3) is 0 Å². The third kappa shape index (κ3) is 4.22. The van der Waals surface area contributed by atoms with Crippen LogP contribution in [0.1, 0.15) is 69.2 Å². The Morgan fingerprint density at radius 3 is 0.722 bits per heavy atom. The van der Waals surface area contributed by atoms with E-state index in [1.807, 2.05) is 50.3 Å². The molecule has 0 saturated heterocycles. The van der Waals surface area contributed by atoms with E-state index in [0.717, 1.165) is 45.7 Å². The molecule has 0 unspecified atom stereocenters. The van der Waals surface area contributed by atoms with Crippen molar-refractivity contribution in [1.29, 1.82) is 0 Å². The number of nitrogens with zero attached hydrogens (tertiary/aromatic N) is 8. The molecule has 4 heterocycles. The molecule has 8 heteroatoms. The molecular weight excluding hydrogens is 448 g/mol. The Hall–Kier alpha value is -3.42. The van der Waals surface area contributed by atoms with E-state index in [4.69, 9.17) is 0 Å². The van der Waals surface area contributed by atoms with Crippen LogP contribution in [0.25, 0.3) is 0 Å². The fourth-order valence-corrected chi connectivity index (χ4v) is 4.03. The Bertz CT molecular complexity index is 1230. The van der Waals surface area contributed by atoms with Gasteiger partial charge in [0, 0.05) is 22.3 Å². The first-order valence-electron chi connectivity index (χ1n) is 12.3. The van der Waals surface area contributed by atoms with Gasteiger partial charge in [0.05, 0.1) is 45.1 Å². The summed E-state index contributed by atoms with van der Waals surface area (Å²) in [7, 11) is 0. The van der Waals surface area contributed by atoms with Crippen LogP contribution >= 0.6 is 0 Å². The third-order valence-corrected chi connectivity index (χ3v) is 7.99. The molecule has 0 aromatic rings. The van der Waals surface area contributed by atoms with Crippen LogP contribution in [-0.4, -0.2) is 45.7 Å². The standard InChI is InChI=1S/C28H36N8/c1-17-25(3,4)19(31-29-17)11-13-21-27(7,8)23(35-33-21)15-16-24-28(9,10)22(34-36-24)14-12-20-26(5,6)18(2)30-32-20/h11-16H,1-10H3/b13-11+,14-12+,16-15+. The lowest BCUT2D eigenvalue weighted by atomic mass is 9.79. The van der Waals surface area contributed by atoms with E-state index in [0.29, 0.717) is 0 Å². The highest BCUT2D eigenvalue weighted by Crippen LogP contribution is 2.32. The molecule has 0 aromatic carbocycles. The van der Waals surface area contributed by atoms with Gasteiger partial charge in [-0.1, -0.05) is 0 Å². The highest BCUT2D eigenvalue weighted by atomic mass is 15.3. The summed E-state index contributed by atoms with van der Waals surface area (Å²) < 4.78 is 0. The van der Waals surface area contributed by atoms with Gasteiger partial charge in [0.2, 0.25) is 0 Å². The van der Waals surface area contributed by atoms with Crippen molar-refractivity contribution in [3.63, 3.8) is 0 Å². The quantitative estimate of drug-likeness (QED) is 0.439. The first-order chi connectivity index (χ1) is 16.7. The summed E-state index contributed by atoms with van der Waals surface area (Å²) >= 11 is 0. The lowest BCUT2D eigenvalue weighted by Crippen LogP contribution is -2.31. The topological polar surface area (TPSA) is 98.9 Å². The minimum Gasteiger partial charge on any atom is -0.159 e. The van der Waals surface area contributed by atoms with E-state index in [9.17, 15) is 0 Å². The predicted octanol–water partition coefficient (Wildman–Crippen LogP) is 6.04. The Balaban J connectivity index is 1.41. The van der Waals surface area contributed by atoms with Gasteiger partial charge < -0.3 is 0 Å². The van der Waals surface area contributed by atoms with Gasteiger partial charge >= 0.3 is 0 Å². The molecule has 0 aliphatic carbocycles. The summed E-state index contributed by atoms with van der Waals surface area (Å²) in [6, 6.07) is 0. The molecule has 0 radical (unpaired) electrons. The molecule has 0 bridgehead atoms. The second-order valence-corrected chi connectivity index (χ2v) is 11.8. The van der Waals surface area contributed by atoms with Gasteiger partial charge in [0.15, 0.2) is 0 Å². The van der Waals surface area contributed by atoms with Gasteiger partial charge in [-0.05, 0) is 106 Å². The zero-order chi connectivity index (χ0) is 26.5. The largest absolute Gasteiger partial charge is 0.159 e. The smallest absolute Gasteiger partial charge is 0.0747 e. The predicted molar refractivity (Wildman–Crippen MR) is 153 cm³/mol. The van der Waals surface area contributed by atoms with Crippen LogP contribution < -0.4 is 0 Å². The molecule has 188 valence electrons. The van der Waals surface area contributed by atoms with Crippen molar-refractivity contribution < 1.29 is 0 Å². The first-order valence-corrected chi connectivity index (χ1v) is 12.3. The minimum absolute atomic E-state index is 0.173. The maximum absolute atomic E-state index is 4.47. The molecule has 0 amide bonds. The van der Waals surface area contributed by atoms with E-state index in [2.05, 4.69) is 96.2 Å². The molecule has 0 aromatic heterocycles. The second-order valence-electron chi connectivity index (χ2n) is 11.8. The Morgan fingerprint density at radius 2 is 0.528 bits per heavy atom. The van der Waals surface area contributed by atoms with Crippen molar-refractivity contribution in [3.05, 3.63) is 36.5 Å². The molecule has 36 heavy (non-hydrogen) atoms. The maximum Gasteiger partial charge on any atom is 0.0747 e. The number of hydrogen-bond donors (Lipinski definition) is 0. The monoisotopic (exact) mass is 484 g/mol. The normalized spacial score (nSPS) is 25.7. The highest BCUT2D eigenvalue weighted by Gasteiger charge is 2.37. The molecule has 4 aliphatic rings. The van der Waals surface area contributed by atoms with E-state index in [1.165, 1.54) is 0 Å². The molecule has 0 N–H and O–H groups in total. The fraction of sp³-hybridized carbons (Fsp3) is 0.500. The van der Waals surface area contributed by atoms with Gasteiger partial charge in [-0.15, -0.1) is 0 Å². The Morgan fingerprint density at radius 1 is 0.333 bits per heavy atom. The lowest BCUT2D eigenvalue weighted by Gasteiger charge is -2.22. The molecule has 4 aliphatic heterocycles. The van der Waals surface area contributed by atoms with Crippen molar-refractivity contribution in [2.45, 2.75) is 69.2 Å². The van der Waals surface area contributed by atoms with Crippen molar-refractivity contribution in [3.8, 4) is 0 Å². The zero-order valence-electron chi connectivity index (χ0n) is 23.0. The Kier molecular flexibility index (Phi) is 6.14. The summed E-state index contributed by atoms with van der Waals surface area (Å²) in [5, 5.41) is 35.0. The van der Waals surface area contributed by atoms with Gasteiger partial charge in [0.1, 0.15) is 0 Å². The number of allylic oxidation sites excluding steroid dienone is 6. The maximum atomic E-state index is 4.47. The van der Waals surface area contributed by atoms with E-state index >= 15 is 0 Å². The average Bonchev–Trinajstić information content (AvgIpc) is 3.41. The zero-order valence-corrected chi connectivity index (χ0v) is 23.0. The third-order valence-electron chi connectivity index (χ3n) is 7.99. The highest BCUT2D eigenvalue weighted by molar-refractivity contribution is 6.28. The van der Waals surface area contributed by atoms with Crippen LogP contribution in [-0.2, 0) is 0 Å². The summed E-state index contributed by atoms with van der Waals surface area (Å²) in [4.78, 5) is 0. The van der Waals surface area contributed by atoms with Crippen LogP contribution in [0.5, 0.6) is 0 Å². The minimum atomic E-state index is -0.344. The van der Waals surface area contributed by atoms with Crippen molar-refractivity contribution >= 4 is 45.7 Å². The van der Waals surface area contributed by atoms with Crippen LogP contribution in [0.2, 0.25) is 0 Å². The van der Waals surface area contributed by atoms with Crippen molar-refractivity contribution in [2.24, 2.45) is 62.5 Å². The SMILES string of the molecule is CC1=NN=C(/C=C/C2=NN=C(/C=C/C3=NN=C(/C=C/C4=NN=C(C)C4(C)C)C3(C)C)C2(C)C)C1(C)C. The molecule has 0 fully saturated rings. The molecular formula is C28H36N8. The van der Waals surface area contributed by atoms with Crippen LogP contribution in [0.4, 0.5) is 0 Å². The van der Waals surface area contributed by atoms with Crippen molar-refractivity contribution in [2.75, 3.05) is 0 Å². The van der Waals surface area contributed by atoms with Gasteiger partial charge in [-0.2, -0.15) is 40.8 Å². The van der Waals surface area contributed by atoms with Crippen LogP contribution in [0.3, 0.4) is 0 Å². The van der Waals surface area contributed by atoms with Gasteiger partial charge in [-0.25, -0.2) is 0 Å².